The van der Waals surface area contributed by atoms with Crippen molar-refractivity contribution >= 4 is 46.2 Å². The van der Waals surface area contributed by atoms with E-state index >= 15 is 0 Å². The zero-order valence-electron chi connectivity index (χ0n) is 10.7. The third kappa shape index (κ3) is 5.59. The second-order valence-electron chi connectivity index (χ2n) is 4.30. The van der Waals surface area contributed by atoms with Gasteiger partial charge >= 0.3 is 0 Å². The minimum absolute atomic E-state index is 0.0635. The smallest absolute Gasteiger partial charge is 0.213 e. The van der Waals surface area contributed by atoms with E-state index in [2.05, 4.69) is 5.32 Å². The van der Waals surface area contributed by atoms with Gasteiger partial charge in [0, 0.05) is 11.4 Å². The number of para-hydroxylation sites is 1. The molecule has 2 aromatic carbocycles. The SMILES string of the molecule is ClC(Cl)(Cl)COCc1cccc(Nc2ccccc2)c1. The van der Waals surface area contributed by atoms with Crippen LogP contribution in [0.5, 0.6) is 0 Å². The Labute approximate surface area is 133 Å². The molecule has 0 saturated heterocycles. The molecule has 0 spiro atoms. The first-order chi connectivity index (χ1) is 9.53. The van der Waals surface area contributed by atoms with E-state index in [4.69, 9.17) is 39.5 Å². The molecule has 1 N–H and O–H groups in total. The number of alkyl halides is 3. The highest BCUT2D eigenvalue weighted by Crippen LogP contribution is 2.26. The second kappa shape index (κ2) is 7.19. The Hall–Kier alpha value is -0.930. The van der Waals surface area contributed by atoms with Crippen molar-refractivity contribution in [2.75, 3.05) is 11.9 Å². The fourth-order valence-corrected chi connectivity index (χ4v) is 1.94. The van der Waals surface area contributed by atoms with E-state index in [1.807, 2.05) is 54.6 Å². The van der Waals surface area contributed by atoms with Crippen molar-refractivity contribution in [1.82, 2.24) is 0 Å². The van der Waals surface area contributed by atoms with Crippen LogP contribution in [-0.4, -0.2) is 10.4 Å². The van der Waals surface area contributed by atoms with Crippen LogP contribution >= 0.6 is 34.8 Å². The van der Waals surface area contributed by atoms with E-state index in [0.717, 1.165) is 16.9 Å². The lowest BCUT2D eigenvalue weighted by atomic mass is 10.2. The number of halogens is 3. The lowest BCUT2D eigenvalue weighted by Gasteiger charge is -2.12. The van der Waals surface area contributed by atoms with Crippen LogP contribution in [0.25, 0.3) is 0 Å². The Balaban J connectivity index is 1.94. The molecule has 0 unspecified atom stereocenters. The van der Waals surface area contributed by atoms with Crippen LogP contribution in [-0.2, 0) is 11.3 Å². The van der Waals surface area contributed by atoms with Gasteiger partial charge in [-0.25, -0.2) is 0 Å². The van der Waals surface area contributed by atoms with Gasteiger partial charge in [-0.15, -0.1) is 0 Å². The lowest BCUT2D eigenvalue weighted by molar-refractivity contribution is 0.126. The third-order valence-corrected chi connectivity index (χ3v) is 2.85. The van der Waals surface area contributed by atoms with Crippen molar-refractivity contribution in [3.05, 3.63) is 60.2 Å². The van der Waals surface area contributed by atoms with Crippen molar-refractivity contribution < 1.29 is 4.74 Å². The molecule has 0 heterocycles. The molecule has 0 aliphatic carbocycles. The van der Waals surface area contributed by atoms with E-state index in [0.29, 0.717) is 6.61 Å². The summed E-state index contributed by atoms with van der Waals surface area (Å²) in [6, 6.07) is 17.9. The molecule has 0 aliphatic rings. The molecule has 0 saturated carbocycles. The van der Waals surface area contributed by atoms with Gasteiger partial charge in [0.15, 0.2) is 0 Å². The van der Waals surface area contributed by atoms with E-state index in [9.17, 15) is 0 Å². The zero-order valence-corrected chi connectivity index (χ0v) is 12.9. The van der Waals surface area contributed by atoms with Crippen molar-refractivity contribution in [3.63, 3.8) is 0 Å². The Kier molecular flexibility index (Phi) is 5.55. The van der Waals surface area contributed by atoms with Gasteiger partial charge in [0.2, 0.25) is 3.79 Å². The first-order valence-corrected chi connectivity index (χ1v) is 7.22. The Morgan fingerprint density at radius 1 is 0.900 bits per heavy atom. The van der Waals surface area contributed by atoms with Gasteiger partial charge in [-0.1, -0.05) is 65.1 Å². The summed E-state index contributed by atoms with van der Waals surface area (Å²) in [5.74, 6) is 0. The minimum atomic E-state index is -1.38. The summed E-state index contributed by atoms with van der Waals surface area (Å²) in [5.41, 5.74) is 3.04. The van der Waals surface area contributed by atoms with Crippen LogP contribution in [0, 0.1) is 0 Å². The molecular weight excluding hydrogens is 317 g/mol. The molecule has 0 amide bonds. The molecule has 5 heteroatoms. The van der Waals surface area contributed by atoms with E-state index in [-0.39, 0.29) is 6.61 Å². The third-order valence-electron chi connectivity index (χ3n) is 2.52. The fourth-order valence-electron chi connectivity index (χ4n) is 1.71. The van der Waals surface area contributed by atoms with Crippen molar-refractivity contribution in [2.24, 2.45) is 0 Å². The molecule has 0 fully saturated rings. The number of benzene rings is 2. The van der Waals surface area contributed by atoms with Crippen molar-refractivity contribution in [2.45, 2.75) is 10.4 Å². The van der Waals surface area contributed by atoms with Crippen LogP contribution in [0.1, 0.15) is 5.56 Å². The summed E-state index contributed by atoms with van der Waals surface area (Å²) in [4.78, 5) is 0. The van der Waals surface area contributed by atoms with Gasteiger partial charge in [-0.2, -0.15) is 0 Å². The van der Waals surface area contributed by atoms with Gasteiger partial charge in [-0.05, 0) is 29.8 Å². The maximum atomic E-state index is 5.63. The zero-order chi connectivity index (χ0) is 14.4. The first kappa shape index (κ1) is 15.5. The predicted octanol–water partition coefficient (Wildman–Crippen LogP) is 5.32. The number of nitrogens with one attached hydrogen (secondary N) is 1. The van der Waals surface area contributed by atoms with Crippen LogP contribution < -0.4 is 5.32 Å². The summed E-state index contributed by atoms with van der Waals surface area (Å²) in [7, 11) is 0. The number of ether oxygens (including phenoxy) is 1. The van der Waals surface area contributed by atoms with Crippen molar-refractivity contribution in [3.8, 4) is 0 Å². The second-order valence-corrected chi connectivity index (χ2v) is 6.82. The average molecular weight is 331 g/mol. The fraction of sp³-hybridized carbons (Fsp3) is 0.200. The number of hydrogen-bond donors (Lipinski definition) is 1. The van der Waals surface area contributed by atoms with Gasteiger partial charge in [-0.3, -0.25) is 0 Å². The van der Waals surface area contributed by atoms with Crippen LogP contribution in [0.3, 0.4) is 0 Å². The summed E-state index contributed by atoms with van der Waals surface area (Å²) in [6.45, 7) is 0.465. The van der Waals surface area contributed by atoms with E-state index in [1.54, 1.807) is 0 Å². The molecule has 0 aromatic heterocycles. The van der Waals surface area contributed by atoms with Gasteiger partial charge in [0.1, 0.15) is 0 Å². The molecule has 0 bridgehead atoms. The van der Waals surface area contributed by atoms with E-state index < -0.39 is 3.79 Å². The number of anilines is 2. The highest BCUT2D eigenvalue weighted by Gasteiger charge is 2.19. The largest absolute Gasteiger partial charge is 0.372 e. The maximum Gasteiger partial charge on any atom is 0.213 e. The molecule has 2 nitrogen and oxygen atoms in total. The summed E-state index contributed by atoms with van der Waals surface area (Å²) >= 11 is 16.9. The maximum absolute atomic E-state index is 5.63. The molecule has 0 aliphatic heterocycles. The molecule has 20 heavy (non-hydrogen) atoms. The summed E-state index contributed by atoms with van der Waals surface area (Å²) in [6.07, 6.45) is 0. The van der Waals surface area contributed by atoms with Crippen molar-refractivity contribution in [1.29, 1.82) is 0 Å². The summed E-state index contributed by atoms with van der Waals surface area (Å²) < 4.78 is 3.99. The van der Waals surface area contributed by atoms with Gasteiger partial charge in [0.05, 0.1) is 13.2 Å². The molecule has 2 rings (SSSR count). The minimum Gasteiger partial charge on any atom is -0.372 e. The highest BCUT2D eigenvalue weighted by molar-refractivity contribution is 6.67. The Bertz CT molecular complexity index is 540. The first-order valence-electron chi connectivity index (χ1n) is 6.08. The molecular formula is C15H14Cl3NO. The highest BCUT2D eigenvalue weighted by atomic mass is 35.6. The quantitative estimate of drug-likeness (QED) is 0.749. The van der Waals surface area contributed by atoms with Crippen LogP contribution in [0.15, 0.2) is 54.6 Å². The van der Waals surface area contributed by atoms with Gasteiger partial charge in [0.25, 0.3) is 0 Å². The molecule has 2 aromatic rings. The molecule has 0 atom stereocenters. The monoisotopic (exact) mass is 329 g/mol. The number of rotatable bonds is 5. The Morgan fingerprint density at radius 2 is 1.60 bits per heavy atom. The number of hydrogen-bond acceptors (Lipinski definition) is 2. The van der Waals surface area contributed by atoms with Crippen LogP contribution in [0.2, 0.25) is 0 Å². The standard InChI is InChI=1S/C15H14Cl3NO/c16-15(17,18)11-20-10-12-5-4-8-14(9-12)19-13-6-2-1-3-7-13/h1-9,19H,10-11H2. The van der Waals surface area contributed by atoms with Crippen LogP contribution in [0.4, 0.5) is 11.4 Å². The normalized spacial score (nSPS) is 11.3. The lowest BCUT2D eigenvalue weighted by Crippen LogP contribution is -2.12. The summed E-state index contributed by atoms with van der Waals surface area (Å²) in [5, 5.41) is 3.32. The topological polar surface area (TPSA) is 21.3 Å². The molecule has 106 valence electrons. The van der Waals surface area contributed by atoms with Gasteiger partial charge < -0.3 is 10.1 Å². The average Bonchev–Trinajstić information content (AvgIpc) is 2.39. The Morgan fingerprint density at radius 3 is 2.30 bits per heavy atom. The predicted molar refractivity (Wildman–Crippen MR) is 86.1 cm³/mol. The van der Waals surface area contributed by atoms with E-state index in [1.165, 1.54) is 0 Å². The molecule has 0 radical (unpaired) electrons.